The highest BCUT2D eigenvalue weighted by molar-refractivity contribution is 6.00. The summed E-state index contributed by atoms with van der Waals surface area (Å²) < 4.78 is 4.97. The van der Waals surface area contributed by atoms with Crippen molar-refractivity contribution in [2.24, 2.45) is 5.73 Å². The maximum atomic E-state index is 11.6. The second-order valence-corrected chi connectivity index (χ2v) is 4.42. The predicted molar refractivity (Wildman–Crippen MR) is 74.0 cm³/mol. The largest absolute Gasteiger partial charge is 0.480 e. The molecule has 20 heavy (non-hydrogen) atoms. The molecule has 0 aliphatic heterocycles. The van der Waals surface area contributed by atoms with Gasteiger partial charge in [0, 0.05) is 19.3 Å². The summed E-state index contributed by atoms with van der Waals surface area (Å²) >= 11 is 0. The molecule has 1 aromatic heterocycles. The average Bonchev–Trinajstić information content (AvgIpc) is 2.32. The number of carboxylic acids is 1. The Balaban J connectivity index is 3.29. The Morgan fingerprint density at radius 2 is 2.10 bits per heavy atom. The smallest absolute Gasteiger partial charge is 0.323 e. The summed E-state index contributed by atoms with van der Waals surface area (Å²) in [7, 11) is 1.52. The molecule has 0 saturated heterocycles. The number of aryl methyl sites for hydroxylation is 2. The van der Waals surface area contributed by atoms with Gasteiger partial charge < -0.3 is 20.5 Å². The molecule has 0 aromatic carbocycles. The molecule has 0 aliphatic rings. The summed E-state index contributed by atoms with van der Waals surface area (Å²) in [5.41, 5.74) is 7.27. The third-order valence-corrected chi connectivity index (χ3v) is 2.79. The van der Waals surface area contributed by atoms with Crippen LogP contribution >= 0.6 is 0 Å². The number of ether oxygens (including phenoxy) is 1. The lowest BCUT2D eigenvalue weighted by Crippen LogP contribution is -2.35. The number of rotatable bonds is 7. The fraction of sp³-hybridized carbons (Fsp3) is 0.462. The van der Waals surface area contributed by atoms with Crippen LogP contribution in [0.25, 0.3) is 0 Å². The maximum absolute atomic E-state index is 11.6. The highest BCUT2D eigenvalue weighted by atomic mass is 16.5. The average molecular weight is 281 g/mol. The molecule has 0 saturated carbocycles. The minimum Gasteiger partial charge on any atom is -0.480 e. The van der Waals surface area contributed by atoms with Gasteiger partial charge in [-0.05, 0) is 19.9 Å². The molecule has 1 heterocycles. The van der Waals surface area contributed by atoms with E-state index in [0.717, 1.165) is 0 Å². The van der Waals surface area contributed by atoms with E-state index in [-0.39, 0.29) is 12.1 Å². The minimum atomic E-state index is -0.997. The van der Waals surface area contributed by atoms with Gasteiger partial charge in [-0.1, -0.05) is 0 Å². The van der Waals surface area contributed by atoms with Gasteiger partial charge in [-0.3, -0.25) is 14.6 Å². The van der Waals surface area contributed by atoms with Crippen molar-refractivity contribution in [3.05, 3.63) is 23.0 Å². The number of hydrogen-bond acceptors (Lipinski definition) is 5. The van der Waals surface area contributed by atoms with Crippen LogP contribution in [0.4, 0.5) is 5.69 Å². The molecule has 0 bridgehead atoms. The van der Waals surface area contributed by atoms with Crippen molar-refractivity contribution in [3.8, 4) is 0 Å². The van der Waals surface area contributed by atoms with E-state index in [2.05, 4.69) is 4.98 Å². The van der Waals surface area contributed by atoms with Crippen molar-refractivity contribution in [2.45, 2.75) is 13.8 Å². The van der Waals surface area contributed by atoms with Crippen LogP contribution in [0.5, 0.6) is 0 Å². The molecule has 0 radical (unpaired) electrons. The van der Waals surface area contributed by atoms with Crippen molar-refractivity contribution in [1.29, 1.82) is 0 Å². The molecule has 1 aromatic rings. The number of carbonyl (C=O) groups excluding carboxylic acids is 1. The van der Waals surface area contributed by atoms with Crippen molar-refractivity contribution in [2.75, 3.05) is 31.7 Å². The zero-order valence-corrected chi connectivity index (χ0v) is 11.8. The summed E-state index contributed by atoms with van der Waals surface area (Å²) in [6.07, 6.45) is 0. The first kappa shape index (κ1) is 15.9. The Labute approximate surface area is 117 Å². The van der Waals surface area contributed by atoms with Crippen LogP contribution in [0.15, 0.2) is 6.07 Å². The van der Waals surface area contributed by atoms with Gasteiger partial charge in [-0.25, -0.2) is 0 Å². The van der Waals surface area contributed by atoms with Crippen LogP contribution in [-0.4, -0.2) is 48.8 Å². The maximum Gasteiger partial charge on any atom is 0.323 e. The molecule has 0 spiro atoms. The number of nitrogens with two attached hydrogens (primary N) is 1. The quantitative estimate of drug-likeness (QED) is 0.746. The number of aromatic nitrogens is 1. The SMILES string of the molecule is COCCN(CC(=O)O)c1cc(C)nc(C)c1C(N)=O. The lowest BCUT2D eigenvalue weighted by atomic mass is 10.1. The number of amides is 1. The van der Waals surface area contributed by atoms with Gasteiger partial charge in [0.25, 0.3) is 5.91 Å². The molecule has 110 valence electrons. The minimum absolute atomic E-state index is 0.243. The molecule has 1 rings (SSSR count). The lowest BCUT2D eigenvalue weighted by Gasteiger charge is -2.25. The van der Waals surface area contributed by atoms with E-state index < -0.39 is 11.9 Å². The van der Waals surface area contributed by atoms with Crippen LogP contribution in [0.3, 0.4) is 0 Å². The fourth-order valence-corrected chi connectivity index (χ4v) is 2.01. The number of nitrogens with zero attached hydrogens (tertiary/aromatic N) is 2. The molecular weight excluding hydrogens is 262 g/mol. The van der Waals surface area contributed by atoms with Gasteiger partial charge in [0.05, 0.1) is 23.6 Å². The Kier molecular flexibility index (Phi) is 5.45. The highest BCUT2D eigenvalue weighted by Crippen LogP contribution is 2.23. The number of carboxylic acid groups (broad SMARTS) is 1. The highest BCUT2D eigenvalue weighted by Gasteiger charge is 2.20. The van der Waals surface area contributed by atoms with Gasteiger partial charge in [-0.2, -0.15) is 0 Å². The van der Waals surface area contributed by atoms with E-state index in [9.17, 15) is 9.59 Å². The number of pyridine rings is 1. The summed E-state index contributed by atoms with van der Waals surface area (Å²) in [4.78, 5) is 28.3. The molecule has 0 fully saturated rings. The summed E-state index contributed by atoms with van der Waals surface area (Å²) in [5, 5.41) is 9.00. The molecule has 3 N–H and O–H groups in total. The van der Waals surface area contributed by atoms with E-state index in [1.165, 1.54) is 7.11 Å². The number of methoxy groups -OCH3 is 1. The molecule has 0 atom stereocenters. The predicted octanol–water partition coefficient (Wildman–Crippen LogP) is 0.335. The first-order chi connectivity index (χ1) is 9.36. The van der Waals surface area contributed by atoms with Gasteiger partial charge in [-0.15, -0.1) is 0 Å². The van der Waals surface area contributed by atoms with E-state index in [0.29, 0.717) is 30.2 Å². The van der Waals surface area contributed by atoms with E-state index in [1.807, 2.05) is 0 Å². The van der Waals surface area contributed by atoms with Crippen LogP contribution < -0.4 is 10.6 Å². The van der Waals surface area contributed by atoms with Crippen molar-refractivity contribution >= 4 is 17.6 Å². The molecule has 1 amide bonds. The Hall–Kier alpha value is -2.15. The first-order valence-corrected chi connectivity index (χ1v) is 6.10. The second-order valence-electron chi connectivity index (χ2n) is 4.42. The Bertz CT molecular complexity index is 517. The standard InChI is InChI=1S/C13H19N3O4/c1-8-6-10(12(13(14)19)9(2)15-8)16(4-5-20-3)7-11(17)18/h6H,4-5,7H2,1-3H3,(H2,14,19)(H,17,18). The van der Waals surface area contributed by atoms with Crippen molar-refractivity contribution in [3.63, 3.8) is 0 Å². The number of aliphatic carboxylic acids is 1. The summed E-state index contributed by atoms with van der Waals surface area (Å²) in [5.74, 6) is -1.62. The van der Waals surface area contributed by atoms with Crippen LogP contribution in [0.1, 0.15) is 21.7 Å². The van der Waals surface area contributed by atoms with Crippen LogP contribution in [-0.2, 0) is 9.53 Å². The fourth-order valence-electron chi connectivity index (χ4n) is 2.01. The second kappa shape index (κ2) is 6.85. The van der Waals surface area contributed by atoms with Crippen molar-refractivity contribution < 1.29 is 19.4 Å². The number of primary amides is 1. The number of carbonyl (C=O) groups is 2. The van der Waals surface area contributed by atoms with Gasteiger partial charge in [0.15, 0.2) is 0 Å². The third kappa shape index (κ3) is 3.92. The van der Waals surface area contributed by atoms with Gasteiger partial charge in [0.2, 0.25) is 0 Å². The zero-order valence-electron chi connectivity index (χ0n) is 11.8. The van der Waals surface area contributed by atoms with E-state index in [1.54, 1.807) is 24.8 Å². The lowest BCUT2D eigenvalue weighted by molar-refractivity contribution is -0.135. The molecule has 0 aliphatic carbocycles. The number of anilines is 1. The number of hydrogen-bond donors (Lipinski definition) is 2. The normalized spacial score (nSPS) is 10.3. The van der Waals surface area contributed by atoms with Crippen LogP contribution in [0, 0.1) is 13.8 Å². The monoisotopic (exact) mass is 281 g/mol. The Morgan fingerprint density at radius 1 is 1.45 bits per heavy atom. The summed E-state index contributed by atoms with van der Waals surface area (Å²) in [6, 6.07) is 1.66. The molecule has 7 heteroatoms. The first-order valence-electron chi connectivity index (χ1n) is 6.10. The summed E-state index contributed by atoms with van der Waals surface area (Å²) in [6.45, 7) is 3.88. The van der Waals surface area contributed by atoms with Crippen molar-refractivity contribution in [1.82, 2.24) is 4.98 Å². The van der Waals surface area contributed by atoms with Crippen LogP contribution in [0.2, 0.25) is 0 Å². The molecular formula is C13H19N3O4. The van der Waals surface area contributed by atoms with Gasteiger partial charge in [0.1, 0.15) is 6.54 Å². The van der Waals surface area contributed by atoms with Gasteiger partial charge >= 0.3 is 5.97 Å². The van der Waals surface area contributed by atoms with E-state index in [4.69, 9.17) is 15.6 Å². The topological polar surface area (TPSA) is 106 Å². The van der Waals surface area contributed by atoms with E-state index >= 15 is 0 Å². The molecule has 0 unspecified atom stereocenters. The Morgan fingerprint density at radius 3 is 2.60 bits per heavy atom. The third-order valence-electron chi connectivity index (χ3n) is 2.79. The zero-order chi connectivity index (χ0) is 15.3. The molecule has 7 nitrogen and oxygen atoms in total.